The Morgan fingerprint density at radius 1 is 0.277 bits per heavy atom. The highest BCUT2D eigenvalue weighted by molar-refractivity contribution is 7.25. The van der Waals surface area contributed by atoms with Crippen molar-refractivity contribution in [1.82, 2.24) is 0 Å². The maximum atomic E-state index is 2.39. The fourth-order valence-electron chi connectivity index (χ4n) is 7.74. The molecule has 218 valence electrons. The van der Waals surface area contributed by atoms with Crippen LogP contribution in [0.4, 0.5) is 0 Å². The van der Waals surface area contributed by atoms with Gasteiger partial charge in [-0.2, -0.15) is 0 Å². The van der Waals surface area contributed by atoms with Crippen LogP contribution in [0.5, 0.6) is 0 Å². The van der Waals surface area contributed by atoms with Gasteiger partial charge in [0.2, 0.25) is 0 Å². The van der Waals surface area contributed by atoms with E-state index < -0.39 is 0 Å². The standard InChI is InChI=1S/C46H28S/c1-2-12-30-27-32(22-21-29(30)11-1)45-37-16-5-7-18-39(37)46(40-19-8-6-17-38(40)45)41-25-24-33(34-13-3-4-14-35(34)41)31-23-26-44-42(28-31)36-15-9-10-20-43(36)47-44/h1-28H. The largest absolute Gasteiger partial charge is 0.135 e. The van der Waals surface area contributed by atoms with E-state index in [4.69, 9.17) is 0 Å². The molecule has 1 heterocycles. The number of rotatable bonds is 3. The summed E-state index contributed by atoms with van der Waals surface area (Å²) in [5, 5.41) is 12.8. The fraction of sp³-hybridized carbons (Fsp3) is 0. The Kier molecular flexibility index (Phi) is 5.85. The lowest BCUT2D eigenvalue weighted by Crippen LogP contribution is -1.92. The Morgan fingerprint density at radius 3 is 1.51 bits per heavy atom. The average molecular weight is 613 g/mol. The van der Waals surface area contributed by atoms with Gasteiger partial charge in [0.1, 0.15) is 0 Å². The number of fused-ring (bicyclic) bond motifs is 7. The molecule has 0 N–H and O–H groups in total. The van der Waals surface area contributed by atoms with E-state index in [0.29, 0.717) is 0 Å². The van der Waals surface area contributed by atoms with Crippen molar-refractivity contribution in [3.05, 3.63) is 170 Å². The molecule has 1 heteroatoms. The molecule has 0 atom stereocenters. The number of thiophene rings is 1. The topological polar surface area (TPSA) is 0 Å². The van der Waals surface area contributed by atoms with E-state index in [1.807, 2.05) is 11.3 Å². The number of hydrogen-bond acceptors (Lipinski definition) is 1. The van der Waals surface area contributed by atoms with Crippen molar-refractivity contribution in [2.75, 3.05) is 0 Å². The summed E-state index contributed by atoms with van der Waals surface area (Å²) in [6.07, 6.45) is 0. The quantitative estimate of drug-likeness (QED) is 0.174. The Morgan fingerprint density at radius 2 is 0.787 bits per heavy atom. The summed E-state index contributed by atoms with van der Waals surface area (Å²) in [5.41, 5.74) is 7.63. The molecular weight excluding hydrogens is 585 g/mol. The van der Waals surface area contributed by atoms with Crippen LogP contribution in [0.1, 0.15) is 0 Å². The van der Waals surface area contributed by atoms with Crippen LogP contribution in [-0.4, -0.2) is 0 Å². The highest BCUT2D eigenvalue weighted by Gasteiger charge is 2.19. The molecule has 9 aromatic carbocycles. The van der Waals surface area contributed by atoms with Crippen molar-refractivity contribution < 1.29 is 0 Å². The van der Waals surface area contributed by atoms with Crippen molar-refractivity contribution in [2.24, 2.45) is 0 Å². The zero-order valence-electron chi connectivity index (χ0n) is 25.6. The molecule has 10 rings (SSSR count). The van der Waals surface area contributed by atoms with E-state index in [-0.39, 0.29) is 0 Å². The zero-order valence-corrected chi connectivity index (χ0v) is 26.4. The van der Waals surface area contributed by atoms with Crippen molar-refractivity contribution in [3.8, 4) is 33.4 Å². The summed E-state index contributed by atoms with van der Waals surface area (Å²) >= 11 is 1.87. The third-order valence-electron chi connectivity index (χ3n) is 9.85. The summed E-state index contributed by atoms with van der Waals surface area (Å²) in [5.74, 6) is 0. The number of benzene rings is 9. The van der Waals surface area contributed by atoms with Gasteiger partial charge in [0, 0.05) is 20.2 Å². The summed E-state index contributed by atoms with van der Waals surface area (Å²) in [6.45, 7) is 0. The van der Waals surface area contributed by atoms with Gasteiger partial charge in [0.15, 0.2) is 0 Å². The van der Waals surface area contributed by atoms with Crippen molar-refractivity contribution in [1.29, 1.82) is 0 Å². The first-order valence-electron chi connectivity index (χ1n) is 16.2. The lowest BCUT2D eigenvalue weighted by molar-refractivity contribution is 1.67. The van der Waals surface area contributed by atoms with E-state index >= 15 is 0 Å². The normalized spacial score (nSPS) is 11.8. The van der Waals surface area contributed by atoms with Crippen LogP contribution >= 0.6 is 11.3 Å². The van der Waals surface area contributed by atoms with E-state index in [0.717, 1.165) is 0 Å². The Hall–Kier alpha value is -5.76. The SMILES string of the molecule is c1ccc2cc(-c3c4ccccc4c(-c4ccc(-c5ccc6sc7ccccc7c6c5)c5ccccc45)c4ccccc34)ccc2c1. The first-order chi connectivity index (χ1) is 23.3. The minimum atomic E-state index is 1.25. The minimum absolute atomic E-state index is 1.25. The van der Waals surface area contributed by atoms with Gasteiger partial charge in [-0.15, -0.1) is 11.3 Å². The first-order valence-corrected chi connectivity index (χ1v) is 17.0. The second-order valence-electron chi connectivity index (χ2n) is 12.4. The molecule has 0 bridgehead atoms. The third-order valence-corrected chi connectivity index (χ3v) is 11.0. The van der Waals surface area contributed by atoms with Crippen LogP contribution in [0.25, 0.3) is 96.6 Å². The van der Waals surface area contributed by atoms with Gasteiger partial charge < -0.3 is 0 Å². The second kappa shape index (κ2) is 10.4. The lowest BCUT2D eigenvalue weighted by atomic mass is 9.83. The van der Waals surface area contributed by atoms with Crippen molar-refractivity contribution in [2.45, 2.75) is 0 Å². The lowest BCUT2D eigenvalue weighted by Gasteiger charge is -2.20. The third kappa shape index (κ3) is 4.07. The van der Waals surface area contributed by atoms with Crippen LogP contribution in [0, 0.1) is 0 Å². The summed E-state index contributed by atoms with van der Waals surface area (Å²) < 4.78 is 2.67. The first kappa shape index (κ1) is 26.5. The molecule has 0 fully saturated rings. The van der Waals surface area contributed by atoms with Crippen LogP contribution in [-0.2, 0) is 0 Å². The average Bonchev–Trinajstić information content (AvgIpc) is 3.51. The van der Waals surface area contributed by atoms with Gasteiger partial charge in [0.05, 0.1) is 0 Å². The molecule has 0 amide bonds. The molecule has 1 aromatic heterocycles. The number of hydrogen-bond donors (Lipinski definition) is 0. The van der Waals surface area contributed by atoms with Crippen LogP contribution in [0.15, 0.2) is 170 Å². The van der Waals surface area contributed by atoms with Crippen LogP contribution in [0.2, 0.25) is 0 Å². The van der Waals surface area contributed by atoms with Crippen molar-refractivity contribution in [3.63, 3.8) is 0 Å². The molecule has 0 unspecified atom stereocenters. The summed E-state index contributed by atoms with van der Waals surface area (Å²) in [4.78, 5) is 0. The van der Waals surface area contributed by atoms with Gasteiger partial charge >= 0.3 is 0 Å². The molecule has 0 radical (unpaired) electrons. The smallest absolute Gasteiger partial charge is 0.0355 e. The predicted octanol–water partition coefficient (Wildman–Crippen LogP) is 13.7. The Balaban J connectivity index is 1.25. The zero-order chi connectivity index (χ0) is 30.9. The molecule has 10 aromatic rings. The molecule has 0 nitrogen and oxygen atoms in total. The molecule has 0 spiro atoms. The highest BCUT2D eigenvalue weighted by atomic mass is 32.1. The van der Waals surface area contributed by atoms with Crippen LogP contribution < -0.4 is 0 Å². The van der Waals surface area contributed by atoms with Gasteiger partial charge in [-0.1, -0.05) is 146 Å². The molecule has 47 heavy (non-hydrogen) atoms. The summed E-state index contributed by atoms with van der Waals surface area (Å²) in [7, 11) is 0. The summed E-state index contributed by atoms with van der Waals surface area (Å²) in [6, 6.07) is 62.8. The fourth-order valence-corrected chi connectivity index (χ4v) is 8.82. The molecule has 0 saturated carbocycles. The van der Waals surface area contributed by atoms with E-state index in [1.165, 1.54) is 96.6 Å². The molecular formula is C46H28S. The van der Waals surface area contributed by atoms with Gasteiger partial charge in [-0.3, -0.25) is 0 Å². The second-order valence-corrected chi connectivity index (χ2v) is 13.5. The molecule has 0 saturated heterocycles. The van der Waals surface area contributed by atoms with Crippen LogP contribution in [0.3, 0.4) is 0 Å². The maximum Gasteiger partial charge on any atom is 0.0355 e. The van der Waals surface area contributed by atoms with E-state index in [1.54, 1.807) is 0 Å². The van der Waals surface area contributed by atoms with Crippen molar-refractivity contribution >= 4 is 74.6 Å². The highest BCUT2D eigenvalue weighted by Crippen LogP contribution is 2.47. The molecule has 0 aliphatic heterocycles. The minimum Gasteiger partial charge on any atom is -0.135 e. The van der Waals surface area contributed by atoms with Gasteiger partial charge in [-0.05, 0) is 101 Å². The van der Waals surface area contributed by atoms with E-state index in [2.05, 4.69) is 170 Å². The van der Waals surface area contributed by atoms with Gasteiger partial charge in [0.25, 0.3) is 0 Å². The Labute approximate surface area is 276 Å². The Bertz CT molecular complexity index is 2800. The van der Waals surface area contributed by atoms with Gasteiger partial charge in [-0.25, -0.2) is 0 Å². The molecule has 0 aliphatic carbocycles. The predicted molar refractivity (Wildman–Crippen MR) is 206 cm³/mol. The molecule has 0 aliphatic rings. The maximum absolute atomic E-state index is 2.39. The van der Waals surface area contributed by atoms with E-state index in [9.17, 15) is 0 Å². The monoisotopic (exact) mass is 612 g/mol.